The van der Waals surface area contributed by atoms with Gasteiger partial charge in [0.15, 0.2) is 5.13 Å². The lowest BCUT2D eigenvalue weighted by Gasteiger charge is -2.17. The number of anilines is 1. The molecule has 106 valence electrons. The highest BCUT2D eigenvalue weighted by atomic mass is 32.1. The second kappa shape index (κ2) is 4.75. The first-order valence-corrected chi connectivity index (χ1v) is 6.82. The summed E-state index contributed by atoms with van der Waals surface area (Å²) in [7, 11) is 0. The normalized spacial score (nSPS) is 21.8. The van der Waals surface area contributed by atoms with Crippen molar-refractivity contribution in [2.45, 2.75) is 24.7 Å². The fraction of sp³-hybridized carbons (Fsp3) is 0.308. The van der Waals surface area contributed by atoms with E-state index in [1.54, 1.807) is 0 Å². The molecule has 2 N–H and O–H groups in total. The molecule has 0 bridgehead atoms. The Labute approximate surface area is 117 Å². The monoisotopic (exact) mass is 300 g/mol. The summed E-state index contributed by atoms with van der Waals surface area (Å²) < 4.78 is 37.6. The van der Waals surface area contributed by atoms with Crippen LogP contribution in [0.15, 0.2) is 30.5 Å². The van der Waals surface area contributed by atoms with E-state index in [9.17, 15) is 18.3 Å². The average Bonchev–Trinajstić information content (AvgIpc) is 2.95. The van der Waals surface area contributed by atoms with Crippen LogP contribution < -0.4 is 5.32 Å². The molecule has 0 radical (unpaired) electrons. The smallest absolute Gasteiger partial charge is 0.390 e. The van der Waals surface area contributed by atoms with Gasteiger partial charge in [-0.3, -0.25) is 0 Å². The molecule has 0 saturated heterocycles. The zero-order valence-corrected chi connectivity index (χ0v) is 11.0. The Balaban J connectivity index is 1.83. The fourth-order valence-electron chi connectivity index (χ4n) is 2.35. The highest BCUT2D eigenvalue weighted by Crippen LogP contribution is 2.38. The SMILES string of the molecule is OC1Cc2ccccc2C1Nc1ncc(C(F)(F)F)s1. The van der Waals surface area contributed by atoms with Gasteiger partial charge < -0.3 is 10.4 Å². The van der Waals surface area contributed by atoms with E-state index in [1.165, 1.54) is 0 Å². The molecule has 0 fully saturated rings. The molecule has 2 aromatic rings. The van der Waals surface area contributed by atoms with Crippen molar-refractivity contribution in [1.29, 1.82) is 0 Å². The largest absolute Gasteiger partial charge is 0.427 e. The van der Waals surface area contributed by atoms with Gasteiger partial charge in [0.05, 0.1) is 18.3 Å². The Bertz CT molecular complexity index is 626. The van der Waals surface area contributed by atoms with Crippen molar-refractivity contribution in [2.75, 3.05) is 5.32 Å². The van der Waals surface area contributed by atoms with Crippen LogP contribution in [-0.4, -0.2) is 16.2 Å². The fourth-order valence-corrected chi connectivity index (χ4v) is 3.07. The summed E-state index contributed by atoms with van der Waals surface area (Å²) in [5.74, 6) is 0. The molecule has 1 aromatic heterocycles. The average molecular weight is 300 g/mol. The van der Waals surface area contributed by atoms with Crippen molar-refractivity contribution in [3.05, 3.63) is 46.5 Å². The molecule has 20 heavy (non-hydrogen) atoms. The van der Waals surface area contributed by atoms with Gasteiger partial charge in [0.1, 0.15) is 4.88 Å². The third-order valence-electron chi connectivity index (χ3n) is 3.27. The van der Waals surface area contributed by atoms with Gasteiger partial charge in [-0.05, 0) is 11.1 Å². The summed E-state index contributed by atoms with van der Waals surface area (Å²) in [5.41, 5.74) is 1.91. The number of nitrogens with zero attached hydrogens (tertiary/aromatic N) is 1. The zero-order chi connectivity index (χ0) is 14.3. The maximum atomic E-state index is 12.5. The van der Waals surface area contributed by atoms with Gasteiger partial charge in [0.2, 0.25) is 0 Å². The van der Waals surface area contributed by atoms with Crippen LogP contribution in [0.5, 0.6) is 0 Å². The molecule has 1 aliphatic rings. The van der Waals surface area contributed by atoms with E-state index < -0.39 is 23.2 Å². The van der Waals surface area contributed by atoms with Crippen molar-refractivity contribution in [3.63, 3.8) is 0 Å². The minimum Gasteiger partial charge on any atom is -0.390 e. The first-order valence-electron chi connectivity index (χ1n) is 6.00. The molecule has 0 spiro atoms. The number of hydrogen-bond acceptors (Lipinski definition) is 4. The lowest BCUT2D eigenvalue weighted by Crippen LogP contribution is -2.20. The molecule has 0 saturated carbocycles. The van der Waals surface area contributed by atoms with Gasteiger partial charge in [-0.15, -0.1) is 0 Å². The molecule has 3 rings (SSSR count). The number of benzene rings is 1. The number of fused-ring (bicyclic) bond motifs is 1. The van der Waals surface area contributed by atoms with Gasteiger partial charge in [-0.25, -0.2) is 4.98 Å². The number of aliphatic hydroxyl groups excluding tert-OH is 1. The first-order chi connectivity index (χ1) is 9.45. The highest BCUT2D eigenvalue weighted by molar-refractivity contribution is 7.15. The lowest BCUT2D eigenvalue weighted by atomic mass is 10.1. The number of thiazole rings is 1. The molecule has 7 heteroatoms. The molecular weight excluding hydrogens is 289 g/mol. The summed E-state index contributed by atoms with van der Waals surface area (Å²) in [6.07, 6.45) is -3.75. The van der Waals surface area contributed by atoms with Crippen LogP contribution in [0.25, 0.3) is 0 Å². The van der Waals surface area contributed by atoms with Crippen LogP contribution >= 0.6 is 11.3 Å². The number of aliphatic hydroxyl groups is 1. The number of aromatic nitrogens is 1. The molecule has 1 aliphatic carbocycles. The standard InChI is InChI=1S/C13H11F3N2OS/c14-13(15,16)10-6-17-12(20-10)18-11-8-4-2-1-3-7(8)5-9(11)19/h1-4,6,9,11,19H,5H2,(H,17,18). The number of rotatable bonds is 2. The minimum atomic E-state index is -4.39. The Morgan fingerprint density at radius 2 is 2.05 bits per heavy atom. The van der Waals surface area contributed by atoms with E-state index in [2.05, 4.69) is 10.3 Å². The van der Waals surface area contributed by atoms with Gasteiger partial charge in [0, 0.05) is 6.42 Å². The molecule has 2 unspecified atom stereocenters. The predicted molar refractivity (Wildman–Crippen MR) is 69.6 cm³/mol. The number of nitrogens with one attached hydrogen (secondary N) is 1. The number of alkyl halides is 3. The molecule has 1 aromatic carbocycles. The van der Waals surface area contributed by atoms with Crippen LogP contribution in [0, 0.1) is 0 Å². The van der Waals surface area contributed by atoms with Gasteiger partial charge in [-0.1, -0.05) is 35.6 Å². The van der Waals surface area contributed by atoms with Crippen LogP contribution in [0.2, 0.25) is 0 Å². The van der Waals surface area contributed by atoms with Crippen molar-refractivity contribution >= 4 is 16.5 Å². The zero-order valence-electron chi connectivity index (χ0n) is 10.2. The summed E-state index contributed by atoms with van der Waals surface area (Å²) in [5, 5.41) is 13.1. The predicted octanol–water partition coefficient (Wildman–Crippen LogP) is 3.23. The second-order valence-electron chi connectivity index (χ2n) is 4.62. The van der Waals surface area contributed by atoms with E-state index >= 15 is 0 Å². The Hall–Kier alpha value is -1.60. The summed E-state index contributed by atoms with van der Waals surface area (Å²) >= 11 is 0.545. The van der Waals surface area contributed by atoms with Crippen LogP contribution in [0.3, 0.4) is 0 Å². The molecule has 3 nitrogen and oxygen atoms in total. The molecule has 1 heterocycles. The van der Waals surface area contributed by atoms with Crippen molar-refractivity contribution < 1.29 is 18.3 Å². The van der Waals surface area contributed by atoms with Crippen molar-refractivity contribution in [1.82, 2.24) is 4.98 Å². The first kappa shape index (κ1) is 13.4. The maximum Gasteiger partial charge on any atom is 0.427 e. The maximum absolute atomic E-state index is 12.5. The van der Waals surface area contributed by atoms with Crippen LogP contribution in [-0.2, 0) is 12.6 Å². The van der Waals surface area contributed by atoms with Crippen LogP contribution in [0.4, 0.5) is 18.3 Å². The van der Waals surface area contributed by atoms with Crippen molar-refractivity contribution in [2.24, 2.45) is 0 Å². The third kappa shape index (κ3) is 2.38. The van der Waals surface area contributed by atoms with E-state index in [-0.39, 0.29) is 5.13 Å². The molecular formula is C13H11F3N2OS. The van der Waals surface area contributed by atoms with Crippen molar-refractivity contribution in [3.8, 4) is 0 Å². The van der Waals surface area contributed by atoms with Gasteiger partial charge >= 0.3 is 6.18 Å². The third-order valence-corrected chi connectivity index (χ3v) is 4.24. The lowest BCUT2D eigenvalue weighted by molar-refractivity contribution is -0.134. The summed E-state index contributed by atoms with van der Waals surface area (Å²) in [4.78, 5) is 2.98. The Morgan fingerprint density at radius 1 is 1.30 bits per heavy atom. The molecule has 2 atom stereocenters. The minimum absolute atomic E-state index is 0.165. The second-order valence-corrected chi connectivity index (χ2v) is 5.65. The van der Waals surface area contributed by atoms with E-state index in [0.29, 0.717) is 17.8 Å². The molecule has 0 amide bonds. The molecule has 0 aliphatic heterocycles. The van der Waals surface area contributed by atoms with Crippen LogP contribution in [0.1, 0.15) is 22.0 Å². The Morgan fingerprint density at radius 3 is 2.75 bits per heavy atom. The summed E-state index contributed by atoms with van der Waals surface area (Å²) in [6.45, 7) is 0. The van der Waals surface area contributed by atoms with E-state index in [1.807, 2.05) is 24.3 Å². The topological polar surface area (TPSA) is 45.1 Å². The van der Waals surface area contributed by atoms with Gasteiger partial charge in [0.25, 0.3) is 0 Å². The summed E-state index contributed by atoms with van der Waals surface area (Å²) in [6, 6.07) is 7.07. The highest BCUT2D eigenvalue weighted by Gasteiger charge is 2.35. The Kier molecular flexibility index (Phi) is 3.18. The quantitative estimate of drug-likeness (QED) is 0.895. The number of halogens is 3. The van der Waals surface area contributed by atoms with E-state index in [4.69, 9.17) is 0 Å². The van der Waals surface area contributed by atoms with E-state index in [0.717, 1.165) is 17.3 Å². The van der Waals surface area contributed by atoms with Gasteiger partial charge in [-0.2, -0.15) is 13.2 Å². The number of hydrogen-bond donors (Lipinski definition) is 2.